The lowest BCUT2D eigenvalue weighted by Gasteiger charge is -2.02. The molecule has 0 spiro atoms. The van der Waals surface area contributed by atoms with Crippen molar-refractivity contribution in [2.45, 2.75) is 13.3 Å². The highest BCUT2D eigenvalue weighted by molar-refractivity contribution is 5.69. The fourth-order valence-electron chi connectivity index (χ4n) is 2.42. The quantitative estimate of drug-likeness (QED) is 0.594. The van der Waals surface area contributed by atoms with Gasteiger partial charge in [-0.05, 0) is 47.4 Å². The lowest BCUT2D eigenvalue weighted by molar-refractivity contribution is 0.415. The first-order valence-electron chi connectivity index (χ1n) is 7.45. The predicted molar refractivity (Wildman–Crippen MR) is 89.9 cm³/mol. The molecule has 0 amide bonds. The van der Waals surface area contributed by atoms with Crippen LogP contribution in [0.2, 0.25) is 0 Å². The second kappa shape index (κ2) is 6.44. The lowest BCUT2D eigenvalue weighted by atomic mass is 10.0. The van der Waals surface area contributed by atoms with Crippen molar-refractivity contribution in [3.8, 4) is 28.2 Å². The number of rotatable bonds is 4. The maximum atomic E-state index is 5.67. The molecule has 0 bridgehead atoms. The van der Waals surface area contributed by atoms with Gasteiger partial charge in [0.05, 0.1) is 18.7 Å². The molecule has 110 valence electrons. The second-order valence-corrected chi connectivity index (χ2v) is 5.16. The molecule has 3 aromatic rings. The van der Waals surface area contributed by atoms with E-state index in [0.29, 0.717) is 0 Å². The number of benzene rings is 2. The molecule has 0 aliphatic rings. The van der Waals surface area contributed by atoms with Crippen LogP contribution in [0, 0.1) is 0 Å². The Bertz CT molecular complexity index is 681. The van der Waals surface area contributed by atoms with Crippen LogP contribution in [0.1, 0.15) is 12.5 Å². The van der Waals surface area contributed by atoms with Crippen molar-refractivity contribution in [2.24, 2.45) is 0 Å². The van der Waals surface area contributed by atoms with E-state index in [0.717, 1.165) is 34.6 Å². The van der Waals surface area contributed by atoms with E-state index < -0.39 is 0 Å². The van der Waals surface area contributed by atoms with Crippen LogP contribution in [0.25, 0.3) is 22.5 Å². The van der Waals surface area contributed by atoms with Gasteiger partial charge in [-0.1, -0.05) is 31.2 Å². The molecule has 0 saturated heterocycles. The number of hydrogen-bond acceptors (Lipinski definition) is 1. The molecule has 3 rings (SSSR count). The van der Waals surface area contributed by atoms with Gasteiger partial charge in [0.15, 0.2) is 0 Å². The first-order valence-corrected chi connectivity index (χ1v) is 7.45. The van der Waals surface area contributed by atoms with Crippen molar-refractivity contribution in [3.63, 3.8) is 0 Å². The fraction of sp³-hybridized carbons (Fsp3) is 0.150. The maximum absolute atomic E-state index is 5.67. The fourth-order valence-corrected chi connectivity index (χ4v) is 2.42. The summed E-state index contributed by atoms with van der Waals surface area (Å²) >= 11 is 0. The summed E-state index contributed by atoms with van der Waals surface area (Å²) < 4.78 is 10.9. The molecule has 0 aliphatic carbocycles. The van der Waals surface area contributed by atoms with Crippen molar-refractivity contribution >= 4 is 0 Å². The molecular formula is C20H19O2+. The molecule has 1 heterocycles. The zero-order valence-corrected chi connectivity index (χ0v) is 12.9. The molecular weight excluding hydrogens is 272 g/mol. The Labute approximate surface area is 131 Å². The molecule has 1 aromatic heterocycles. The van der Waals surface area contributed by atoms with Crippen molar-refractivity contribution in [2.75, 3.05) is 7.11 Å². The zero-order chi connectivity index (χ0) is 15.4. The summed E-state index contributed by atoms with van der Waals surface area (Å²) in [6.45, 7) is 2.16. The highest BCUT2D eigenvalue weighted by Gasteiger charge is 2.12. The Morgan fingerprint density at radius 3 is 2.14 bits per heavy atom. The molecule has 2 aromatic carbocycles. The van der Waals surface area contributed by atoms with E-state index in [4.69, 9.17) is 9.15 Å². The van der Waals surface area contributed by atoms with Crippen molar-refractivity contribution in [3.05, 3.63) is 72.5 Å². The van der Waals surface area contributed by atoms with E-state index in [2.05, 4.69) is 49.4 Å². The summed E-state index contributed by atoms with van der Waals surface area (Å²) in [5, 5.41) is 0. The van der Waals surface area contributed by atoms with Gasteiger partial charge in [0.2, 0.25) is 0 Å². The van der Waals surface area contributed by atoms with Crippen molar-refractivity contribution in [1.29, 1.82) is 0 Å². The number of methoxy groups -OCH3 is 1. The van der Waals surface area contributed by atoms with Crippen LogP contribution < -0.4 is 4.74 Å². The molecule has 22 heavy (non-hydrogen) atoms. The minimum absolute atomic E-state index is 0.861. The van der Waals surface area contributed by atoms with Crippen LogP contribution in [0.15, 0.2) is 71.3 Å². The highest BCUT2D eigenvalue weighted by Crippen LogP contribution is 2.27. The summed E-state index contributed by atoms with van der Waals surface area (Å²) in [6.07, 6.45) is 2.78. The van der Waals surface area contributed by atoms with Crippen LogP contribution in [-0.2, 0) is 6.42 Å². The Morgan fingerprint density at radius 1 is 0.818 bits per heavy atom. The Hall–Kier alpha value is -2.61. The summed E-state index contributed by atoms with van der Waals surface area (Å²) in [6, 6.07) is 20.6. The predicted octanol–water partition coefficient (Wildman–Crippen LogP) is 5.47. The average Bonchev–Trinajstić information content (AvgIpc) is 2.62. The highest BCUT2D eigenvalue weighted by atomic mass is 16.5. The van der Waals surface area contributed by atoms with Gasteiger partial charge in [0, 0.05) is 6.07 Å². The second-order valence-electron chi connectivity index (χ2n) is 5.16. The standard InChI is InChI=1S/C20H19O2/c1-3-15-4-6-17(7-5-15)20-14-18(12-13-22-20)16-8-10-19(21-2)11-9-16/h4-14H,3H2,1-2H3/q+1. The molecule has 0 unspecified atom stereocenters. The van der Waals surface area contributed by atoms with E-state index in [-0.39, 0.29) is 0 Å². The number of aryl methyl sites for hydroxylation is 1. The van der Waals surface area contributed by atoms with E-state index in [1.54, 1.807) is 13.4 Å². The first-order chi connectivity index (χ1) is 10.8. The van der Waals surface area contributed by atoms with Crippen LogP contribution in [-0.4, -0.2) is 7.11 Å². The largest absolute Gasteiger partial charge is 0.497 e. The first kappa shape index (κ1) is 14.3. The third-order valence-electron chi connectivity index (χ3n) is 3.80. The lowest BCUT2D eigenvalue weighted by Crippen LogP contribution is -1.84. The SMILES string of the molecule is CCc1ccc(-c2cc(-c3ccc(OC)cc3)cc[o+]2)cc1. The van der Waals surface area contributed by atoms with E-state index >= 15 is 0 Å². The average molecular weight is 291 g/mol. The van der Waals surface area contributed by atoms with Gasteiger partial charge >= 0.3 is 12.0 Å². The zero-order valence-electron chi connectivity index (χ0n) is 12.9. The minimum Gasteiger partial charge on any atom is -0.497 e. The Balaban J connectivity index is 1.93. The normalized spacial score (nSPS) is 10.5. The summed E-state index contributed by atoms with van der Waals surface area (Å²) in [5.74, 6) is 1.73. The van der Waals surface area contributed by atoms with Crippen LogP contribution in [0.4, 0.5) is 0 Å². The van der Waals surface area contributed by atoms with Crippen LogP contribution in [0.3, 0.4) is 0 Å². The van der Waals surface area contributed by atoms with Gasteiger partial charge in [-0.3, -0.25) is 0 Å². The van der Waals surface area contributed by atoms with Gasteiger partial charge in [0.1, 0.15) is 5.75 Å². The topological polar surface area (TPSA) is 20.5 Å². The summed E-state index contributed by atoms with van der Waals surface area (Å²) in [5.41, 5.74) is 4.69. The van der Waals surface area contributed by atoms with Gasteiger partial charge < -0.3 is 4.74 Å². The maximum Gasteiger partial charge on any atom is 0.360 e. The molecule has 2 heteroatoms. The van der Waals surface area contributed by atoms with Gasteiger partial charge in [0.25, 0.3) is 0 Å². The molecule has 2 nitrogen and oxygen atoms in total. The van der Waals surface area contributed by atoms with Crippen molar-refractivity contribution < 1.29 is 9.15 Å². The Morgan fingerprint density at radius 2 is 1.50 bits per heavy atom. The minimum atomic E-state index is 0.861. The van der Waals surface area contributed by atoms with E-state index in [1.807, 2.05) is 18.2 Å². The molecule has 0 fully saturated rings. The summed E-state index contributed by atoms with van der Waals surface area (Å²) in [4.78, 5) is 0. The molecule has 0 atom stereocenters. The number of hydrogen-bond donors (Lipinski definition) is 0. The molecule has 0 aliphatic heterocycles. The van der Waals surface area contributed by atoms with Crippen LogP contribution in [0.5, 0.6) is 5.75 Å². The summed E-state index contributed by atoms with van der Waals surface area (Å²) in [7, 11) is 1.68. The van der Waals surface area contributed by atoms with Gasteiger partial charge in [-0.15, -0.1) is 0 Å². The smallest absolute Gasteiger partial charge is 0.360 e. The molecule has 0 radical (unpaired) electrons. The number of ether oxygens (including phenoxy) is 1. The van der Waals surface area contributed by atoms with Crippen molar-refractivity contribution in [1.82, 2.24) is 0 Å². The van der Waals surface area contributed by atoms with Gasteiger partial charge in [-0.25, -0.2) is 4.42 Å². The monoisotopic (exact) mass is 291 g/mol. The third kappa shape index (κ3) is 3.01. The Kier molecular flexibility index (Phi) is 4.19. The van der Waals surface area contributed by atoms with E-state index in [1.165, 1.54) is 5.56 Å². The third-order valence-corrected chi connectivity index (χ3v) is 3.80. The van der Waals surface area contributed by atoms with E-state index in [9.17, 15) is 0 Å². The molecule has 0 N–H and O–H groups in total. The molecule has 0 saturated carbocycles. The van der Waals surface area contributed by atoms with Crippen LogP contribution >= 0.6 is 0 Å². The van der Waals surface area contributed by atoms with Gasteiger partial charge in [-0.2, -0.15) is 0 Å².